The van der Waals surface area contributed by atoms with E-state index in [1.165, 1.54) is 0 Å². The lowest BCUT2D eigenvalue weighted by Crippen LogP contribution is -2.05. The fourth-order valence-corrected chi connectivity index (χ4v) is 4.10. The minimum absolute atomic E-state index is 0.328. The average molecular weight is 413 g/mol. The molecule has 0 radical (unpaired) electrons. The second-order valence-corrected chi connectivity index (χ2v) is 8.39. The standard InChI is InChI=1S/C23H28NO4P/c1-3-5-16-26-29(25,27-17-6-4-2)28-23-18-22(19-12-8-7-9-13-19)24-21-15-11-10-14-20(21)23/h7-15,18H,3-6,16-17H2,1-2H3. The summed E-state index contributed by atoms with van der Waals surface area (Å²) in [6, 6.07) is 19.3. The maximum Gasteiger partial charge on any atom is 0.530 e. The predicted molar refractivity (Wildman–Crippen MR) is 117 cm³/mol. The second kappa shape index (κ2) is 10.5. The smallest absolute Gasteiger partial charge is 0.403 e. The summed E-state index contributed by atoms with van der Waals surface area (Å²) in [5.41, 5.74) is 2.46. The highest BCUT2D eigenvalue weighted by Gasteiger charge is 2.29. The summed E-state index contributed by atoms with van der Waals surface area (Å²) >= 11 is 0. The van der Waals surface area contributed by atoms with Gasteiger partial charge in [-0.1, -0.05) is 69.2 Å². The Balaban J connectivity index is 1.97. The van der Waals surface area contributed by atoms with Crippen LogP contribution in [0.4, 0.5) is 0 Å². The quantitative estimate of drug-likeness (QED) is 0.250. The first-order chi connectivity index (χ1) is 14.1. The van der Waals surface area contributed by atoms with Crippen molar-refractivity contribution in [3.63, 3.8) is 0 Å². The van der Waals surface area contributed by atoms with Gasteiger partial charge in [-0.2, -0.15) is 0 Å². The molecule has 5 nitrogen and oxygen atoms in total. The minimum Gasteiger partial charge on any atom is -0.403 e. The van der Waals surface area contributed by atoms with Crippen LogP contribution in [0.5, 0.6) is 5.75 Å². The van der Waals surface area contributed by atoms with Gasteiger partial charge >= 0.3 is 7.82 Å². The lowest BCUT2D eigenvalue weighted by molar-refractivity contribution is 0.152. The molecule has 0 amide bonds. The first-order valence-corrected chi connectivity index (χ1v) is 11.6. The number of aromatic nitrogens is 1. The van der Waals surface area contributed by atoms with Gasteiger partial charge in [-0.3, -0.25) is 9.05 Å². The molecule has 29 heavy (non-hydrogen) atoms. The van der Waals surface area contributed by atoms with Crippen LogP contribution in [-0.4, -0.2) is 18.2 Å². The molecular formula is C23H28NO4P. The number of benzene rings is 2. The zero-order valence-electron chi connectivity index (χ0n) is 17.0. The molecule has 0 saturated heterocycles. The number of phosphoric ester groups is 1. The molecule has 154 valence electrons. The second-order valence-electron chi connectivity index (χ2n) is 6.80. The lowest BCUT2D eigenvalue weighted by atomic mass is 10.1. The van der Waals surface area contributed by atoms with Gasteiger partial charge in [0.2, 0.25) is 0 Å². The normalized spacial score (nSPS) is 11.7. The van der Waals surface area contributed by atoms with E-state index in [9.17, 15) is 4.57 Å². The summed E-state index contributed by atoms with van der Waals surface area (Å²) in [7, 11) is -3.74. The molecule has 3 rings (SSSR count). The predicted octanol–water partition coefficient (Wildman–Crippen LogP) is 7.02. The molecule has 0 N–H and O–H groups in total. The molecule has 0 spiro atoms. The Morgan fingerprint density at radius 2 is 1.48 bits per heavy atom. The number of fused-ring (bicyclic) bond motifs is 1. The highest BCUT2D eigenvalue weighted by Crippen LogP contribution is 2.51. The molecule has 0 saturated carbocycles. The van der Waals surface area contributed by atoms with Gasteiger partial charge in [-0.25, -0.2) is 9.55 Å². The Morgan fingerprint density at radius 1 is 0.862 bits per heavy atom. The molecule has 0 fully saturated rings. The molecule has 1 heterocycles. The summed E-state index contributed by atoms with van der Waals surface area (Å²) in [4.78, 5) is 4.74. The Kier molecular flexibility index (Phi) is 7.82. The van der Waals surface area contributed by atoms with Crippen molar-refractivity contribution in [3.8, 4) is 17.0 Å². The monoisotopic (exact) mass is 413 g/mol. The molecule has 0 aliphatic carbocycles. The van der Waals surface area contributed by atoms with Crippen LogP contribution in [0.15, 0.2) is 60.7 Å². The van der Waals surface area contributed by atoms with Crippen molar-refractivity contribution in [2.75, 3.05) is 13.2 Å². The molecule has 0 unspecified atom stereocenters. The van der Waals surface area contributed by atoms with Crippen molar-refractivity contribution in [2.24, 2.45) is 0 Å². The van der Waals surface area contributed by atoms with Crippen LogP contribution in [0.1, 0.15) is 39.5 Å². The van der Waals surface area contributed by atoms with Crippen molar-refractivity contribution >= 4 is 18.7 Å². The van der Waals surface area contributed by atoms with E-state index in [0.717, 1.165) is 47.8 Å². The fraction of sp³-hybridized carbons (Fsp3) is 0.348. The summed E-state index contributed by atoms with van der Waals surface area (Å²) in [5, 5.41) is 0.769. The number of para-hydroxylation sites is 1. The van der Waals surface area contributed by atoms with E-state index in [2.05, 4.69) is 13.8 Å². The number of nitrogens with zero attached hydrogens (tertiary/aromatic N) is 1. The van der Waals surface area contributed by atoms with Crippen molar-refractivity contribution in [2.45, 2.75) is 39.5 Å². The average Bonchev–Trinajstić information content (AvgIpc) is 2.75. The molecule has 1 aromatic heterocycles. The summed E-state index contributed by atoms with van der Waals surface area (Å²) < 4.78 is 30.5. The number of phosphoric acid groups is 1. The zero-order valence-corrected chi connectivity index (χ0v) is 17.9. The first kappa shape index (κ1) is 21.5. The molecule has 0 aliphatic heterocycles. The third kappa shape index (κ3) is 5.89. The summed E-state index contributed by atoms with van der Waals surface area (Å²) in [6.45, 7) is 4.76. The zero-order chi connectivity index (χ0) is 20.5. The molecule has 3 aromatic rings. The summed E-state index contributed by atoms with van der Waals surface area (Å²) in [6.07, 6.45) is 3.45. The van der Waals surface area contributed by atoms with Gasteiger partial charge in [-0.15, -0.1) is 0 Å². The SMILES string of the molecule is CCCCOP(=O)(OCCCC)Oc1cc(-c2ccccc2)nc2ccccc12. The number of rotatable bonds is 11. The highest BCUT2D eigenvalue weighted by molar-refractivity contribution is 7.48. The molecule has 0 bridgehead atoms. The maximum atomic E-state index is 13.3. The van der Waals surface area contributed by atoms with Gasteiger partial charge in [0, 0.05) is 17.0 Å². The van der Waals surface area contributed by atoms with E-state index in [4.69, 9.17) is 18.6 Å². The topological polar surface area (TPSA) is 57.7 Å². The van der Waals surface area contributed by atoms with Gasteiger partial charge in [-0.05, 0) is 25.0 Å². The van der Waals surface area contributed by atoms with E-state index in [1.807, 2.05) is 54.6 Å². The molecule has 0 aliphatic rings. The molecular weight excluding hydrogens is 385 g/mol. The third-order valence-electron chi connectivity index (χ3n) is 4.45. The van der Waals surface area contributed by atoms with Gasteiger partial charge < -0.3 is 4.52 Å². The number of hydrogen-bond acceptors (Lipinski definition) is 5. The van der Waals surface area contributed by atoms with Crippen molar-refractivity contribution in [3.05, 3.63) is 60.7 Å². The largest absolute Gasteiger partial charge is 0.530 e. The summed E-state index contributed by atoms with van der Waals surface area (Å²) in [5.74, 6) is 0.450. The molecule has 2 aromatic carbocycles. The maximum absolute atomic E-state index is 13.3. The van der Waals surface area contributed by atoms with Gasteiger partial charge in [0.25, 0.3) is 0 Å². The van der Waals surface area contributed by atoms with Crippen LogP contribution in [0.25, 0.3) is 22.2 Å². The van der Waals surface area contributed by atoms with Crippen LogP contribution in [0.3, 0.4) is 0 Å². The van der Waals surface area contributed by atoms with Crippen molar-refractivity contribution in [1.82, 2.24) is 4.98 Å². The Hall–Kier alpha value is -2.20. The first-order valence-electron chi connectivity index (χ1n) is 10.2. The minimum atomic E-state index is -3.74. The van der Waals surface area contributed by atoms with E-state index in [-0.39, 0.29) is 0 Å². The molecule has 0 atom stereocenters. The Bertz CT molecular complexity index is 948. The van der Waals surface area contributed by atoms with Crippen LogP contribution in [0.2, 0.25) is 0 Å². The van der Waals surface area contributed by atoms with Crippen LogP contribution in [0, 0.1) is 0 Å². The Morgan fingerprint density at radius 3 is 2.14 bits per heavy atom. The van der Waals surface area contributed by atoms with E-state index < -0.39 is 7.82 Å². The van der Waals surface area contributed by atoms with Crippen molar-refractivity contribution < 1.29 is 18.1 Å². The van der Waals surface area contributed by atoms with Gasteiger partial charge in [0.1, 0.15) is 5.75 Å². The van der Waals surface area contributed by atoms with E-state index in [0.29, 0.717) is 19.0 Å². The van der Waals surface area contributed by atoms with E-state index >= 15 is 0 Å². The highest BCUT2D eigenvalue weighted by atomic mass is 31.2. The van der Waals surface area contributed by atoms with Crippen LogP contribution < -0.4 is 4.52 Å². The Labute approximate surface area is 172 Å². The van der Waals surface area contributed by atoms with Gasteiger partial charge in [0.05, 0.1) is 24.4 Å². The number of unbranched alkanes of at least 4 members (excludes halogenated alkanes) is 2. The third-order valence-corrected chi connectivity index (χ3v) is 5.87. The molecule has 6 heteroatoms. The van der Waals surface area contributed by atoms with Crippen molar-refractivity contribution in [1.29, 1.82) is 0 Å². The van der Waals surface area contributed by atoms with Crippen LogP contribution >= 0.6 is 7.82 Å². The number of pyridine rings is 1. The van der Waals surface area contributed by atoms with Gasteiger partial charge in [0.15, 0.2) is 0 Å². The van der Waals surface area contributed by atoms with Crippen LogP contribution in [-0.2, 0) is 13.6 Å². The number of hydrogen-bond donors (Lipinski definition) is 0. The van der Waals surface area contributed by atoms with E-state index in [1.54, 1.807) is 6.07 Å². The lowest BCUT2D eigenvalue weighted by Gasteiger charge is -2.20. The fourth-order valence-electron chi connectivity index (χ4n) is 2.83.